The topological polar surface area (TPSA) is 57.8 Å². The van der Waals surface area contributed by atoms with E-state index in [1.165, 1.54) is 6.08 Å². The monoisotopic (exact) mass is 569 g/mol. The minimum Gasteiger partial charge on any atom is -0.320 e. The molecule has 0 aliphatic carbocycles. The maximum absolute atomic E-state index is 13.0. The van der Waals surface area contributed by atoms with Crippen molar-refractivity contribution in [3.8, 4) is 11.8 Å². The van der Waals surface area contributed by atoms with Crippen LogP contribution in [0.15, 0.2) is 54.1 Å². The second-order valence-corrected chi connectivity index (χ2v) is 8.61. The molecule has 3 aromatic rings. The summed E-state index contributed by atoms with van der Waals surface area (Å²) in [7, 11) is 0. The standard InChI is InChI=1S/C23H16ClF3IN3O/c1-13-9-15(14(2)31(13)19-6-4-18(28)5-7-19)10-16(12-29)22(32)30-21-11-17(23(25,26)27)3-8-20(21)24/h3-11H,1-2H3,(H,30,32). The molecule has 0 aliphatic heterocycles. The average molecular weight is 570 g/mol. The molecule has 2 aromatic carbocycles. The van der Waals surface area contributed by atoms with Gasteiger partial charge in [-0.05, 0) is 96.6 Å². The Kier molecular flexibility index (Phi) is 7.00. The van der Waals surface area contributed by atoms with E-state index in [4.69, 9.17) is 11.6 Å². The number of alkyl halides is 3. The molecule has 0 atom stereocenters. The Bertz CT molecular complexity index is 1260. The maximum atomic E-state index is 13.0. The van der Waals surface area contributed by atoms with Crippen LogP contribution in [0.3, 0.4) is 0 Å². The van der Waals surface area contributed by atoms with E-state index in [2.05, 4.69) is 27.9 Å². The number of halogens is 5. The van der Waals surface area contributed by atoms with Crippen molar-refractivity contribution in [3.63, 3.8) is 0 Å². The van der Waals surface area contributed by atoms with E-state index in [0.717, 1.165) is 38.8 Å². The molecule has 0 saturated carbocycles. The summed E-state index contributed by atoms with van der Waals surface area (Å²) in [5, 5.41) is 11.7. The molecule has 0 bridgehead atoms. The first-order valence-electron chi connectivity index (χ1n) is 9.26. The van der Waals surface area contributed by atoms with E-state index in [1.807, 2.05) is 54.8 Å². The van der Waals surface area contributed by atoms with Gasteiger partial charge < -0.3 is 9.88 Å². The summed E-state index contributed by atoms with van der Waals surface area (Å²) in [5.41, 5.74) is 1.83. The number of hydrogen-bond donors (Lipinski definition) is 1. The lowest BCUT2D eigenvalue weighted by Crippen LogP contribution is -2.15. The number of aryl methyl sites for hydroxylation is 1. The lowest BCUT2D eigenvalue weighted by Gasteiger charge is -2.11. The van der Waals surface area contributed by atoms with Crippen molar-refractivity contribution in [3.05, 3.63) is 85.2 Å². The Morgan fingerprint density at radius 1 is 1.16 bits per heavy atom. The van der Waals surface area contributed by atoms with Gasteiger partial charge in [0.1, 0.15) is 11.6 Å². The number of benzene rings is 2. The Labute approximate surface area is 201 Å². The van der Waals surface area contributed by atoms with Crippen LogP contribution in [0.1, 0.15) is 22.5 Å². The summed E-state index contributed by atoms with van der Waals surface area (Å²) in [6.07, 6.45) is -3.19. The number of nitrogens with one attached hydrogen (secondary N) is 1. The molecular weight excluding hydrogens is 554 g/mol. The second-order valence-electron chi connectivity index (χ2n) is 6.95. The van der Waals surface area contributed by atoms with Gasteiger partial charge in [0, 0.05) is 20.6 Å². The Balaban J connectivity index is 1.94. The zero-order valence-electron chi connectivity index (χ0n) is 16.9. The van der Waals surface area contributed by atoms with Gasteiger partial charge in [-0.15, -0.1) is 0 Å². The van der Waals surface area contributed by atoms with E-state index in [-0.39, 0.29) is 16.3 Å². The first-order valence-corrected chi connectivity index (χ1v) is 10.7. The van der Waals surface area contributed by atoms with Crippen LogP contribution >= 0.6 is 34.2 Å². The number of aromatic nitrogens is 1. The van der Waals surface area contributed by atoms with Crippen molar-refractivity contribution in [2.45, 2.75) is 20.0 Å². The molecule has 3 rings (SSSR count). The fraction of sp³-hybridized carbons (Fsp3) is 0.130. The molecule has 0 saturated heterocycles. The molecule has 0 unspecified atom stereocenters. The highest BCUT2D eigenvalue weighted by molar-refractivity contribution is 14.1. The minimum absolute atomic E-state index is 0.0690. The van der Waals surface area contributed by atoms with Gasteiger partial charge in [0.15, 0.2) is 0 Å². The zero-order valence-corrected chi connectivity index (χ0v) is 19.8. The van der Waals surface area contributed by atoms with E-state index in [9.17, 15) is 23.2 Å². The quantitative estimate of drug-likeness (QED) is 0.211. The first-order chi connectivity index (χ1) is 15.0. The lowest BCUT2D eigenvalue weighted by atomic mass is 10.1. The molecule has 0 spiro atoms. The number of nitrogens with zero attached hydrogens (tertiary/aromatic N) is 2. The number of amides is 1. The Morgan fingerprint density at radius 3 is 2.41 bits per heavy atom. The van der Waals surface area contributed by atoms with Gasteiger partial charge >= 0.3 is 6.18 Å². The summed E-state index contributed by atoms with van der Waals surface area (Å²) in [6, 6.07) is 14.1. The molecule has 0 radical (unpaired) electrons. The van der Waals surface area contributed by atoms with Gasteiger partial charge in [0.25, 0.3) is 5.91 Å². The summed E-state index contributed by atoms with van der Waals surface area (Å²) in [4.78, 5) is 12.6. The number of hydrogen-bond acceptors (Lipinski definition) is 2. The third-order valence-corrected chi connectivity index (χ3v) is 5.81. The molecule has 1 aromatic heterocycles. The van der Waals surface area contributed by atoms with Crippen LogP contribution in [-0.2, 0) is 11.0 Å². The predicted molar refractivity (Wildman–Crippen MR) is 127 cm³/mol. The second kappa shape index (κ2) is 9.38. The fourth-order valence-electron chi connectivity index (χ4n) is 3.21. The molecule has 32 heavy (non-hydrogen) atoms. The summed E-state index contributed by atoms with van der Waals surface area (Å²) >= 11 is 8.15. The zero-order chi connectivity index (χ0) is 23.6. The van der Waals surface area contributed by atoms with Crippen LogP contribution in [0.25, 0.3) is 11.8 Å². The third-order valence-electron chi connectivity index (χ3n) is 4.76. The largest absolute Gasteiger partial charge is 0.416 e. The lowest BCUT2D eigenvalue weighted by molar-refractivity contribution is -0.137. The Hall–Kier alpha value is -2.77. The molecule has 0 fully saturated rings. The number of carbonyl (C=O) groups is 1. The highest BCUT2D eigenvalue weighted by Gasteiger charge is 2.31. The predicted octanol–water partition coefficient (Wildman–Crippen LogP) is 6.92. The van der Waals surface area contributed by atoms with E-state index >= 15 is 0 Å². The number of rotatable bonds is 4. The van der Waals surface area contributed by atoms with Crippen LogP contribution in [0, 0.1) is 28.7 Å². The summed E-state index contributed by atoms with van der Waals surface area (Å²) in [6.45, 7) is 3.75. The van der Waals surface area contributed by atoms with Crippen LogP contribution in [0.2, 0.25) is 5.02 Å². The van der Waals surface area contributed by atoms with Gasteiger partial charge in [-0.2, -0.15) is 18.4 Å². The summed E-state index contributed by atoms with van der Waals surface area (Å²) in [5.74, 6) is -0.854. The molecule has 1 N–H and O–H groups in total. The van der Waals surface area contributed by atoms with Gasteiger partial charge in [0.05, 0.1) is 16.3 Å². The third kappa shape index (κ3) is 5.16. The molecule has 0 aliphatic rings. The first kappa shape index (κ1) is 23.9. The highest BCUT2D eigenvalue weighted by Crippen LogP contribution is 2.34. The number of anilines is 1. The van der Waals surface area contributed by atoms with Gasteiger partial charge in [-0.1, -0.05) is 11.6 Å². The molecule has 164 valence electrons. The molecule has 1 heterocycles. The van der Waals surface area contributed by atoms with Crippen LogP contribution in [0.5, 0.6) is 0 Å². The van der Waals surface area contributed by atoms with Crippen molar-refractivity contribution >= 4 is 51.9 Å². The van der Waals surface area contributed by atoms with Gasteiger partial charge in [-0.25, -0.2) is 0 Å². The smallest absolute Gasteiger partial charge is 0.320 e. The average Bonchev–Trinajstić information content (AvgIpc) is 3.00. The van der Waals surface area contributed by atoms with E-state index in [1.54, 1.807) is 0 Å². The maximum Gasteiger partial charge on any atom is 0.416 e. The molecule has 1 amide bonds. The normalized spacial score (nSPS) is 11.9. The van der Waals surface area contributed by atoms with Crippen molar-refractivity contribution < 1.29 is 18.0 Å². The van der Waals surface area contributed by atoms with Crippen LogP contribution in [-0.4, -0.2) is 10.5 Å². The van der Waals surface area contributed by atoms with Crippen molar-refractivity contribution in [1.29, 1.82) is 5.26 Å². The van der Waals surface area contributed by atoms with Gasteiger partial charge in [-0.3, -0.25) is 4.79 Å². The molecular formula is C23H16ClF3IN3O. The minimum atomic E-state index is -4.59. The number of carbonyl (C=O) groups excluding carboxylic acids is 1. The van der Waals surface area contributed by atoms with Crippen molar-refractivity contribution in [1.82, 2.24) is 4.57 Å². The Morgan fingerprint density at radius 2 is 1.81 bits per heavy atom. The SMILES string of the molecule is Cc1cc(C=C(C#N)C(=O)Nc2cc(C(F)(F)F)ccc2Cl)c(C)n1-c1ccc(I)cc1. The van der Waals surface area contributed by atoms with Crippen LogP contribution in [0.4, 0.5) is 18.9 Å². The van der Waals surface area contributed by atoms with Crippen molar-refractivity contribution in [2.24, 2.45) is 0 Å². The molecule has 9 heteroatoms. The summed E-state index contributed by atoms with van der Waals surface area (Å²) < 4.78 is 42.0. The van der Waals surface area contributed by atoms with Crippen molar-refractivity contribution in [2.75, 3.05) is 5.32 Å². The number of nitriles is 1. The van der Waals surface area contributed by atoms with Gasteiger partial charge in [0.2, 0.25) is 0 Å². The van der Waals surface area contributed by atoms with E-state index in [0.29, 0.717) is 5.56 Å². The fourth-order valence-corrected chi connectivity index (χ4v) is 3.74. The van der Waals surface area contributed by atoms with E-state index < -0.39 is 17.6 Å². The highest BCUT2D eigenvalue weighted by atomic mass is 127. The molecule has 4 nitrogen and oxygen atoms in total. The van der Waals surface area contributed by atoms with Crippen LogP contribution < -0.4 is 5.32 Å².